The van der Waals surface area contributed by atoms with Gasteiger partial charge in [0.05, 0.1) is 0 Å². The number of hydrogen-bond acceptors (Lipinski definition) is 4. The molecule has 0 amide bonds. The number of likely N-dealkylation sites (N-methyl/N-ethyl adjacent to an activating group) is 1. The molecule has 1 N–H and O–H groups in total. The van der Waals surface area contributed by atoms with Gasteiger partial charge in [0.2, 0.25) is 11.7 Å². The summed E-state index contributed by atoms with van der Waals surface area (Å²) in [4.78, 5) is 4.08. The minimum Gasteiger partial charge on any atom is -0.339 e. The van der Waals surface area contributed by atoms with Crippen molar-refractivity contribution in [2.24, 2.45) is 0 Å². The second-order valence-corrected chi connectivity index (χ2v) is 3.77. The standard InChI is InChI=1S/C12H13F2N3O/c1-2-15-4-3-11-16-12(17-18-11)8-5-9(13)7-10(14)6-8/h5-7,15H,2-4H2,1H3. The Labute approximate surface area is 103 Å². The van der Waals surface area contributed by atoms with Crippen molar-refractivity contribution >= 4 is 0 Å². The van der Waals surface area contributed by atoms with Crippen LogP contribution in [-0.2, 0) is 6.42 Å². The minimum absolute atomic E-state index is 0.194. The summed E-state index contributed by atoms with van der Waals surface area (Å²) in [5, 5.41) is 6.82. The van der Waals surface area contributed by atoms with E-state index in [0.717, 1.165) is 19.2 Å². The van der Waals surface area contributed by atoms with E-state index in [4.69, 9.17) is 4.52 Å². The summed E-state index contributed by atoms with van der Waals surface area (Å²) < 4.78 is 31.1. The van der Waals surface area contributed by atoms with Crippen LogP contribution in [0, 0.1) is 11.6 Å². The van der Waals surface area contributed by atoms with Crippen LogP contribution in [0.4, 0.5) is 8.78 Å². The lowest BCUT2D eigenvalue weighted by Crippen LogP contribution is -2.16. The Bertz CT molecular complexity index is 508. The normalized spacial score (nSPS) is 10.8. The first kappa shape index (κ1) is 12.6. The summed E-state index contributed by atoms with van der Waals surface area (Å²) in [6.07, 6.45) is 0.582. The molecule has 0 saturated heterocycles. The molecule has 0 atom stereocenters. The maximum atomic E-state index is 13.0. The predicted octanol–water partition coefficient (Wildman–Crippen LogP) is 2.17. The van der Waals surface area contributed by atoms with Gasteiger partial charge < -0.3 is 9.84 Å². The Hall–Kier alpha value is -1.82. The van der Waals surface area contributed by atoms with Gasteiger partial charge >= 0.3 is 0 Å². The van der Waals surface area contributed by atoms with E-state index in [-0.39, 0.29) is 11.4 Å². The molecule has 0 radical (unpaired) electrons. The fraction of sp³-hybridized carbons (Fsp3) is 0.333. The van der Waals surface area contributed by atoms with Crippen LogP contribution in [0.15, 0.2) is 22.7 Å². The topological polar surface area (TPSA) is 51.0 Å². The lowest BCUT2D eigenvalue weighted by molar-refractivity contribution is 0.377. The highest BCUT2D eigenvalue weighted by molar-refractivity contribution is 5.54. The predicted molar refractivity (Wildman–Crippen MR) is 61.9 cm³/mol. The van der Waals surface area contributed by atoms with Crippen molar-refractivity contribution in [2.75, 3.05) is 13.1 Å². The number of rotatable bonds is 5. The van der Waals surface area contributed by atoms with Crippen molar-refractivity contribution in [3.05, 3.63) is 35.7 Å². The van der Waals surface area contributed by atoms with Crippen LogP contribution in [0.2, 0.25) is 0 Å². The molecular weight excluding hydrogens is 240 g/mol. The first-order chi connectivity index (χ1) is 8.69. The zero-order valence-corrected chi connectivity index (χ0v) is 9.91. The van der Waals surface area contributed by atoms with Gasteiger partial charge in [0.15, 0.2) is 0 Å². The molecule has 2 aromatic rings. The van der Waals surface area contributed by atoms with Crippen LogP contribution in [-0.4, -0.2) is 23.2 Å². The monoisotopic (exact) mass is 253 g/mol. The average molecular weight is 253 g/mol. The summed E-state index contributed by atoms with van der Waals surface area (Å²) in [6.45, 7) is 3.57. The molecule has 1 heterocycles. The van der Waals surface area contributed by atoms with Gasteiger partial charge in [-0.3, -0.25) is 0 Å². The molecule has 0 bridgehead atoms. The Kier molecular flexibility index (Phi) is 3.99. The lowest BCUT2D eigenvalue weighted by atomic mass is 10.2. The van der Waals surface area contributed by atoms with Gasteiger partial charge in [0, 0.05) is 24.6 Å². The van der Waals surface area contributed by atoms with Gasteiger partial charge in [-0.1, -0.05) is 12.1 Å². The van der Waals surface area contributed by atoms with E-state index in [1.807, 2.05) is 6.92 Å². The third-order valence-corrected chi connectivity index (χ3v) is 2.35. The van der Waals surface area contributed by atoms with Crippen molar-refractivity contribution in [1.29, 1.82) is 0 Å². The van der Waals surface area contributed by atoms with Crippen molar-refractivity contribution in [3.63, 3.8) is 0 Å². The molecular formula is C12H13F2N3O. The second-order valence-electron chi connectivity index (χ2n) is 3.77. The molecule has 0 fully saturated rings. The smallest absolute Gasteiger partial charge is 0.228 e. The SMILES string of the molecule is CCNCCc1nc(-c2cc(F)cc(F)c2)no1. The first-order valence-corrected chi connectivity index (χ1v) is 5.69. The molecule has 6 heteroatoms. The molecule has 96 valence electrons. The van der Waals surface area contributed by atoms with E-state index in [0.29, 0.717) is 12.3 Å². The van der Waals surface area contributed by atoms with Crippen molar-refractivity contribution in [3.8, 4) is 11.4 Å². The Balaban J connectivity index is 2.13. The van der Waals surface area contributed by atoms with Crippen LogP contribution >= 0.6 is 0 Å². The highest BCUT2D eigenvalue weighted by Crippen LogP contribution is 2.18. The fourth-order valence-electron chi connectivity index (χ4n) is 1.53. The van der Waals surface area contributed by atoms with Gasteiger partial charge in [0.1, 0.15) is 11.6 Å². The zero-order chi connectivity index (χ0) is 13.0. The van der Waals surface area contributed by atoms with Crippen LogP contribution in [0.5, 0.6) is 0 Å². The van der Waals surface area contributed by atoms with E-state index in [9.17, 15) is 8.78 Å². The highest BCUT2D eigenvalue weighted by atomic mass is 19.1. The Morgan fingerprint density at radius 2 is 1.94 bits per heavy atom. The van der Waals surface area contributed by atoms with Crippen molar-refractivity contribution in [2.45, 2.75) is 13.3 Å². The van der Waals surface area contributed by atoms with Crippen LogP contribution in [0.25, 0.3) is 11.4 Å². The van der Waals surface area contributed by atoms with Crippen LogP contribution < -0.4 is 5.32 Å². The number of nitrogens with zero attached hydrogens (tertiary/aromatic N) is 2. The van der Waals surface area contributed by atoms with Crippen molar-refractivity contribution < 1.29 is 13.3 Å². The quantitative estimate of drug-likeness (QED) is 0.830. The molecule has 0 aliphatic carbocycles. The van der Waals surface area contributed by atoms with E-state index < -0.39 is 11.6 Å². The van der Waals surface area contributed by atoms with Gasteiger partial charge in [-0.2, -0.15) is 4.98 Å². The molecule has 2 rings (SSSR count). The highest BCUT2D eigenvalue weighted by Gasteiger charge is 2.10. The molecule has 1 aromatic heterocycles. The van der Waals surface area contributed by atoms with Gasteiger partial charge in [-0.05, 0) is 18.7 Å². The first-order valence-electron chi connectivity index (χ1n) is 5.69. The van der Waals surface area contributed by atoms with E-state index in [2.05, 4.69) is 15.5 Å². The molecule has 18 heavy (non-hydrogen) atoms. The summed E-state index contributed by atoms with van der Waals surface area (Å²) in [5.74, 6) is -0.691. The van der Waals surface area contributed by atoms with Crippen LogP contribution in [0.1, 0.15) is 12.8 Å². The fourth-order valence-corrected chi connectivity index (χ4v) is 1.53. The molecule has 4 nitrogen and oxygen atoms in total. The third kappa shape index (κ3) is 3.10. The molecule has 0 unspecified atom stereocenters. The van der Waals surface area contributed by atoms with Gasteiger partial charge in [-0.15, -0.1) is 0 Å². The summed E-state index contributed by atoms with van der Waals surface area (Å²) in [7, 11) is 0. The van der Waals surface area contributed by atoms with Gasteiger partial charge in [0.25, 0.3) is 0 Å². The zero-order valence-electron chi connectivity index (χ0n) is 9.91. The Morgan fingerprint density at radius 1 is 1.22 bits per heavy atom. The molecule has 1 aromatic carbocycles. The number of benzene rings is 1. The molecule has 0 aliphatic heterocycles. The lowest BCUT2D eigenvalue weighted by Gasteiger charge is -1.96. The molecule has 0 saturated carbocycles. The average Bonchev–Trinajstić information content (AvgIpc) is 2.77. The van der Waals surface area contributed by atoms with E-state index in [1.165, 1.54) is 12.1 Å². The third-order valence-electron chi connectivity index (χ3n) is 2.35. The summed E-state index contributed by atoms with van der Waals surface area (Å²) in [6, 6.07) is 3.14. The number of aromatic nitrogens is 2. The molecule has 0 spiro atoms. The van der Waals surface area contributed by atoms with E-state index >= 15 is 0 Å². The largest absolute Gasteiger partial charge is 0.339 e. The van der Waals surface area contributed by atoms with Crippen molar-refractivity contribution in [1.82, 2.24) is 15.5 Å². The molecule has 0 aliphatic rings. The second kappa shape index (κ2) is 5.68. The number of hydrogen-bond donors (Lipinski definition) is 1. The van der Waals surface area contributed by atoms with Gasteiger partial charge in [-0.25, -0.2) is 8.78 Å². The minimum atomic E-state index is -0.663. The number of halogens is 2. The van der Waals surface area contributed by atoms with E-state index in [1.54, 1.807) is 0 Å². The maximum Gasteiger partial charge on any atom is 0.228 e. The maximum absolute atomic E-state index is 13.0. The summed E-state index contributed by atoms with van der Waals surface area (Å²) >= 11 is 0. The Morgan fingerprint density at radius 3 is 2.61 bits per heavy atom. The van der Waals surface area contributed by atoms with Crippen LogP contribution in [0.3, 0.4) is 0 Å². The number of nitrogens with one attached hydrogen (secondary N) is 1. The summed E-state index contributed by atoms with van der Waals surface area (Å²) in [5.41, 5.74) is 0.269.